The second-order valence-electron chi connectivity index (χ2n) is 7.68. The molecule has 4 aliphatic carbocycles. The van der Waals surface area contributed by atoms with Gasteiger partial charge >= 0.3 is 5.97 Å². The minimum atomic E-state index is -1.07. The fourth-order valence-corrected chi connectivity index (χ4v) is 5.05. The van der Waals surface area contributed by atoms with E-state index in [0.29, 0.717) is 18.3 Å². The Balaban J connectivity index is 1.68. The van der Waals surface area contributed by atoms with E-state index < -0.39 is 12.0 Å². The number of rotatable bonds is 4. The Hall–Kier alpha value is -1.65. The van der Waals surface area contributed by atoms with Gasteiger partial charge in [-0.25, -0.2) is 4.79 Å². The van der Waals surface area contributed by atoms with E-state index in [1.54, 1.807) is 0 Å². The molecule has 118 valence electrons. The van der Waals surface area contributed by atoms with Crippen LogP contribution >= 0.6 is 0 Å². The maximum atomic E-state index is 12.8. The van der Waals surface area contributed by atoms with E-state index >= 15 is 0 Å². The molecule has 2 bridgehead atoms. The zero-order valence-electron chi connectivity index (χ0n) is 12.8. The monoisotopic (exact) mass is 303 g/mol. The number of likely N-dealkylation sites (tertiary alicyclic amines) is 1. The molecule has 5 aliphatic rings. The molecule has 3 fully saturated rings. The van der Waals surface area contributed by atoms with Crippen LogP contribution in [0.5, 0.6) is 0 Å². The summed E-state index contributed by atoms with van der Waals surface area (Å²) in [6, 6.07) is -1.01. The van der Waals surface area contributed by atoms with Crippen LogP contribution in [0.25, 0.3) is 0 Å². The molecule has 1 heterocycles. The second-order valence-corrected chi connectivity index (χ2v) is 7.68. The SMILES string of the molecule is CC(C)C[C@@H](C(=O)O)N1C(=O)[C@H]2[C@@H]3C=C[C@H]([C@H]4C[C@H]34)[C@@H]2C1=O. The van der Waals surface area contributed by atoms with Crippen molar-refractivity contribution in [1.82, 2.24) is 4.90 Å². The highest BCUT2D eigenvalue weighted by molar-refractivity contribution is 6.08. The van der Waals surface area contributed by atoms with Gasteiger partial charge in [0.15, 0.2) is 0 Å². The third-order valence-electron chi connectivity index (χ3n) is 5.99. The number of hydrogen-bond acceptors (Lipinski definition) is 3. The first-order chi connectivity index (χ1) is 10.4. The zero-order chi connectivity index (χ0) is 15.8. The molecular formula is C17H21NO4. The Morgan fingerprint density at radius 3 is 2.09 bits per heavy atom. The molecule has 22 heavy (non-hydrogen) atoms. The lowest BCUT2D eigenvalue weighted by Crippen LogP contribution is -2.46. The van der Waals surface area contributed by atoms with E-state index in [-0.39, 0.29) is 41.4 Å². The van der Waals surface area contributed by atoms with Crippen molar-refractivity contribution in [3.05, 3.63) is 12.2 Å². The Kier molecular flexibility index (Phi) is 2.81. The molecule has 7 atom stereocenters. The number of aliphatic carboxylic acids is 1. The topological polar surface area (TPSA) is 74.7 Å². The summed E-state index contributed by atoms with van der Waals surface area (Å²) in [6.45, 7) is 3.82. The second kappa shape index (κ2) is 4.43. The fourth-order valence-electron chi connectivity index (χ4n) is 5.05. The van der Waals surface area contributed by atoms with Crippen LogP contribution in [0.15, 0.2) is 12.2 Å². The van der Waals surface area contributed by atoms with Gasteiger partial charge < -0.3 is 5.11 Å². The van der Waals surface area contributed by atoms with Crippen LogP contribution in [0.4, 0.5) is 0 Å². The largest absolute Gasteiger partial charge is 0.480 e. The first kappa shape index (κ1) is 14.0. The van der Waals surface area contributed by atoms with Crippen molar-refractivity contribution >= 4 is 17.8 Å². The first-order valence-corrected chi connectivity index (χ1v) is 8.20. The van der Waals surface area contributed by atoms with E-state index in [4.69, 9.17) is 0 Å². The summed E-state index contributed by atoms with van der Waals surface area (Å²) in [5, 5.41) is 9.50. The Morgan fingerprint density at radius 2 is 1.68 bits per heavy atom. The van der Waals surface area contributed by atoms with Crippen molar-refractivity contribution in [3.8, 4) is 0 Å². The van der Waals surface area contributed by atoms with Crippen LogP contribution in [0.2, 0.25) is 0 Å². The van der Waals surface area contributed by atoms with E-state index in [1.165, 1.54) is 0 Å². The summed E-state index contributed by atoms with van der Waals surface area (Å²) >= 11 is 0. The number of carbonyl (C=O) groups excluding carboxylic acids is 2. The third kappa shape index (κ3) is 1.68. The van der Waals surface area contributed by atoms with Crippen LogP contribution in [0.3, 0.4) is 0 Å². The van der Waals surface area contributed by atoms with Crippen molar-refractivity contribution in [2.75, 3.05) is 0 Å². The van der Waals surface area contributed by atoms with Crippen molar-refractivity contribution < 1.29 is 19.5 Å². The summed E-state index contributed by atoms with van der Waals surface area (Å²) in [4.78, 5) is 38.4. The molecule has 2 saturated carbocycles. The van der Waals surface area contributed by atoms with Gasteiger partial charge in [-0.2, -0.15) is 0 Å². The molecule has 5 rings (SSSR count). The number of imide groups is 1. The van der Waals surface area contributed by atoms with Gasteiger partial charge in [0.1, 0.15) is 6.04 Å². The molecule has 5 nitrogen and oxygen atoms in total. The maximum Gasteiger partial charge on any atom is 0.326 e. The zero-order valence-corrected chi connectivity index (χ0v) is 12.8. The lowest BCUT2D eigenvalue weighted by atomic mass is 9.63. The fraction of sp³-hybridized carbons (Fsp3) is 0.706. The normalized spacial score (nSPS) is 42.6. The highest BCUT2D eigenvalue weighted by Gasteiger charge is 2.67. The van der Waals surface area contributed by atoms with Gasteiger partial charge in [0.05, 0.1) is 11.8 Å². The molecule has 0 spiro atoms. The summed E-state index contributed by atoms with van der Waals surface area (Å²) < 4.78 is 0. The number of nitrogens with zero attached hydrogens (tertiary/aromatic N) is 1. The molecule has 0 radical (unpaired) electrons. The average molecular weight is 303 g/mol. The minimum absolute atomic E-state index is 0.118. The Labute approximate surface area is 129 Å². The molecule has 0 aromatic rings. The molecule has 1 saturated heterocycles. The lowest BCUT2D eigenvalue weighted by Gasteiger charge is -2.37. The van der Waals surface area contributed by atoms with E-state index in [0.717, 1.165) is 11.3 Å². The first-order valence-electron chi connectivity index (χ1n) is 8.20. The molecule has 2 amide bonds. The van der Waals surface area contributed by atoms with Crippen molar-refractivity contribution in [2.24, 2.45) is 41.4 Å². The Bertz CT molecular complexity index is 559. The van der Waals surface area contributed by atoms with Gasteiger partial charge in [-0.15, -0.1) is 0 Å². The van der Waals surface area contributed by atoms with Crippen LogP contribution in [-0.4, -0.2) is 33.8 Å². The van der Waals surface area contributed by atoms with E-state index in [2.05, 4.69) is 12.2 Å². The third-order valence-corrected chi connectivity index (χ3v) is 5.99. The van der Waals surface area contributed by atoms with Crippen LogP contribution in [-0.2, 0) is 14.4 Å². The summed E-state index contributed by atoms with van der Waals surface area (Å²) in [5.41, 5.74) is 0. The standard InChI is InChI=1S/C17H21NO4/c1-7(2)5-12(17(21)22)18-15(19)13-8-3-4-9(11-6-10(8)11)14(13)16(18)20/h3-4,7-14H,5-6H2,1-2H3,(H,21,22)/t8-,9-,10-,11-,12+,13+,14+/m1/s1. The van der Waals surface area contributed by atoms with Crippen LogP contribution in [0, 0.1) is 41.4 Å². The molecule has 0 unspecified atom stereocenters. The predicted octanol–water partition coefficient (Wildman–Crippen LogP) is 1.54. The van der Waals surface area contributed by atoms with Crippen LogP contribution < -0.4 is 0 Å². The number of carboxylic acid groups (broad SMARTS) is 1. The minimum Gasteiger partial charge on any atom is -0.480 e. The molecule has 1 aliphatic heterocycles. The van der Waals surface area contributed by atoms with Crippen molar-refractivity contribution in [2.45, 2.75) is 32.7 Å². The molecule has 1 N–H and O–H groups in total. The summed E-state index contributed by atoms with van der Waals surface area (Å²) in [5.74, 6) is -0.666. The number of carbonyl (C=O) groups is 3. The average Bonchev–Trinajstić information content (AvgIpc) is 3.22. The number of allylic oxidation sites excluding steroid dienone is 2. The van der Waals surface area contributed by atoms with Crippen LogP contribution in [0.1, 0.15) is 26.7 Å². The van der Waals surface area contributed by atoms with Gasteiger partial charge in [-0.1, -0.05) is 26.0 Å². The molecular weight excluding hydrogens is 282 g/mol. The molecule has 0 aromatic carbocycles. The van der Waals surface area contributed by atoms with Gasteiger partial charge in [-0.05, 0) is 42.4 Å². The number of hydrogen-bond donors (Lipinski definition) is 1. The molecule has 0 aromatic heterocycles. The summed E-state index contributed by atoms with van der Waals surface area (Å²) in [6.07, 6.45) is 5.64. The van der Waals surface area contributed by atoms with Gasteiger partial charge in [0, 0.05) is 0 Å². The van der Waals surface area contributed by atoms with Gasteiger partial charge in [0.2, 0.25) is 11.8 Å². The van der Waals surface area contributed by atoms with Crippen molar-refractivity contribution in [3.63, 3.8) is 0 Å². The van der Waals surface area contributed by atoms with Gasteiger partial charge in [-0.3, -0.25) is 14.5 Å². The van der Waals surface area contributed by atoms with Gasteiger partial charge in [0.25, 0.3) is 0 Å². The number of carboxylic acids is 1. The predicted molar refractivity (Wildman–Crippen MR) is 77.4 cm³/mol. The maximum absolute atomic E-state index is 12.8. The molecule has 5 heteroatoms. The lowest BCUT2D eigenvalue weighted by molar-refractivity contribution is -0.155. The van der Waals surface area contributed by atoms with E-state index in [9.17, 15) is 19.5 Å². The van der Waals surface area contributed by atoms with Crippen molar-refractivity contribution in [1.29, 1.82) is 0 Å². The van der Waals surface area contributed by atoms with E-state index in [1.807, 2.05) is 13.8 Å². The Morgan fingerprint density at radius 1 is 1.18 bits per heavy atom. The number of amides is 2. The highest BCUT2D eigenvalue weighted by atomic mass is 16.4. The smallest absolute Gasteiger partial charge is 0.326 e. The summed E-state index contributed by atoms with van der Waals surface area (Å²) in [7, 11) is 0. The highest BCUT2D eigenvalue weighted by Crippen LogP contribution is 2.65. The quantitative estimate of drug-likeness (QED) is 0.631.